The first-order chi connectivity index (χ1) is 14.5. The van der Waals surface area contributed by atoms with E-state index in [1.165, 1.54) is 6.20 Å². The highest BCUT2D eigenvalue weighted by molar-refractivity contribution is 5.89. The van der Waals surface area contributed by atoms with Gasteiger partial charge in [0.2, 0.25) is 5.88 Å². The number of carbonyl (C=O) groups excluding carboxylic acids is 2. The second kappa shape index (κ2) is 9.82. The Kier molecular flexibility index (Phi) is 6.95. The molecule has 1 aromatic carbocycles. The van der Waals surface area contributed by atoms with Gasteiger partial charge in [0.15, 0.2) is 11.5 Å². The molecule has 1 saturated heterocycles. The molecule has 0 spiro atoms. The highest BCUT2D eigenvalue weighted by atomic mass is 16.6. The zero-order valence-electron chi connectivity index (χ0n) is 17.4. The second-order valence-electron chi connectivity index (χ2n) is 6.74. The van der Waals surface area contributed by atoms with E-state index in [9.17, 15) is 9.59 Å². The summed E-state index contributed by atoms with van der Waals surface area (Å²) < 4.78 is 16.1. The minimum atomic E-state index is -0.345. The first-order valence-electron chi connectivity index (χ1n) is 9.76. The van der Waals surface area contributed by atoms with Gasteiger partial charge in [0.05, 0.1) is 25.6 Å². The summed E-state index contributed by atoms with van der Waals surface area (Å²) in [6, 6.07) is 8.78. The number of hydrogen-bond acceptors (Lipinski definition) is 6. The first-order valence-corrected chi connectivity index (χ1v) is 9.76. The number of aryl methyl sites for hydroxylation is 1. The number of urea groups is 1. The topological polar surface area (TPSA) is 93.2 Å². The minimum absolute atomic E-state index is 0.241. The van der Waals surface area contributed by atoms with Crippen LogP contribution in [-0.2, 0) is 4.74 Å². The van der Waals surface area contributed by atoms with Crippen LogP contribution >= 0.6 is 0 Å². The van der Waals surface area contributed by atoms with Crippen LogP contribution in [0.1, 0.15) is 12.5 Å². The van der Waals surface area contributed by atoms with Crippen LogP contribution in [0.5, 0.6) is 17.4 Å². The summed E-state index contributed by atoms with van der Waals surface area (Å²) in [5, 5.41) is 2.81. The SMILES string of the molecule is CCOC(=O)N1CCN(C(=O)Nc2ccc(Oc3ccc(C)cc3OC)nc2)CC1. The predicted octanol–water partition coefficient (Wildman–Crippen LogP) is 3.50. The average molecular weight is 414 g/mol. The fraction of sp³-hybridized carbons (Fsp3) is 0.381. The third-order valence-electron chi connectivity index (χ3n) is 4.61. The number of amides is 3. The Morgan fingerprint density at radius 3 is 2.43 bits per heavy atom. The number of ether oxygens (including phenoxy) is 3. The van der Waals surface area contributed by atoms with E-state index in [4.69, 9.17) is 14.2 Å². The Bertz CT molecular complexity index is 879. The van der Waals surface area contributed by atoms with Gasteiger partial charge in [-0.1, -0.05) is 6.07 Å². The van der Waals surface area contributed by atoms with E-state index >= 15 is 0 Å². The third kappa shape index (κ3) is 5.31. The van der Waals surface area contributed by atoms with Gasteiger partial charge in [-0.3, -0.25) is 0 Å². The molecule has 30 heavy (non-hydrogen) atoms. The van der Waals surface area contributed by atoms with Crippen LogP contribution in [0.4, 0.5) is 15.3 Å². The molecule has 0 aliphatic carbocycles. The molecule has 0 saturated carbocycles. The number of benzene rings is 1. The van der Waals surface area contributed by atoms with Crippen LogP contribution in [0.15, 0.2) is 36.5 Å². The van der Waals surface area contributed by atoms with Crippen molar-refractivity contribution in [2.45, 2.75) is 13.8 Å². The Labute approximate surface area is 175 Å². The van der Waals surface area contributed by atoms with E-state index in [0.717, 1.165) is 5.56 Å². The molecule has 3 amide bonds. The van der Waals surface area contributed by atoms with Crippen LogP contribution in [-0.4, -0.2) is 66.8 Å². The van der Waals surface area contributed by atoms with Crippen LogP contribution < -0.4 is 14.8 Å². The second-order valence-corrected chi connectivity index (χ2v) is 6.74. The van der Waals surface area contributed by atoms with Gasteiger partial charge in [0, 0.05) is 32.2 Å². The van der Waals surface area contributed by atoms with E-state index in [2.05, 4.69) is 10.3 Å². The summed E-state index contributed by atoms with van der Waals surface area (Å²) >= 11 is 0. The van der Waals surface area contributed by atoms with Gasteiger partial charge in [-0.25, -0.2) is 14.6 Å². The maximum absolute atomic E-state index is 12.5. The molecule has 1 aromatic heterocycles. The molecule has 160 valence electrons. The van der Waals surface area contributed by atoms with E-state index in [-0.39, 0.29) is 12.1 Å². The molecular formula is C21H26N4O5. The van der Waals surface area contributed by atoms with Gasteiger partial charge < -0.3 is 29.3 Å². The average Bonchev–Trinajstić information content (AvgIpc) is 2.76. The molecule has 1 fully saturated rings. The number of methoxy groups -OCH3 is 1. The van der Waals surface area contributed by atoms with Crippen molar-refractivity contribution in [1.29, 1.82) is 0 Å². The smallest absolute Gasteiger partial charge is 0.409 e. The number of carbonyl (C=O) groups is 2. The van der Waals surface area contributed by atoms with Crippen molar-refractivity contribution in [2.24, 2.45) is 0 Å². The third-order valence-corrected chi connectivity index (χ3v) is 4.61. The van der Waals surface area contributed by atoms with E-state index in [1.54, 1.807) is 36.0 Å². The van der Waals surface area contributed by atoms with Gasteiger partial charge in [-0.2, -0.15) is 0 Å². The Morgan fingerprint density at radius 1 is 1.07 bits per heavy atom. The highest BCUT2D eigenvalue weighted by Gasteiger charge is 2.24. The summed E-state index contributed by atoms with van der Waals surface area (Å²) in [6.45, 7) is 5.83. The van der Waals surface area contributed by atoms with Crippen molar-refractivity contribution < 1.29 is 23.8 Å². The fourth-order valence-corrected chi connectivity index (χ4v) is 3.00. The van der Waals surface area contributed by atoms with Gasteiger partial charge in [-0.15, -0.1) is 0 Å². The predicted molar refractivity (Wildman–Crippen MR) is 111 cm³/mol. The van der Waals surface area contributed by atoms with Crippen LogP contribution in [0.3, 0.4) is 0 Å². The largest absolute Gasteiger partial charge is 0.493 e. The number of nitrogens with one attached hydrogen (secondary N) is 1. The first kappa shape index (κ1) is 21.2. The van der Waals surface area contributed by atoms with E-state index < -0.39 is 0 Å². The van der Waals surface area contributed by atoms with E-state index in [0.29, 0.717) is 55.9 Å². The number of anilines is 1. The van der Waals surface area contributed by atoms with E-state index in [1.807, 2.05) is 25.1 Å². The molecule has 0 bridgehead atoms. The normalized spacial score (nSPS) is 13.6. The summed E-state index contributed by atoms with van der Waals surface area (Å²) in [4.78, 5) is 31.7. The quantitative estimate of drug-likeness (QED) is 0.805. The molecule has 1 aliphatic rings. The van der Waals surface area contributed by atoms with Crippen LogP contribution in [0, 0.1) is 6.92 Å². The fourth-order valence-electron chi connectivity index (χ4n) is 3.00. The lowest BCUT2D eigenvalue weighted by molar-refractivity contribution is 0.0868. The lowest BCUT2D eigenvalue weighted by Crippen LogP contribution is -2.51. The Morgan fingerprint density at radius 2 is 1.80 bits per heavy atom. The van der Waals surface area contributed by atoms with Crippen molar-refractivity contribution >= 4 is 17.8 Å². The van der Waals surface area contributed by atoms with Crippen molar-refractivity contribution in [3.8, 4) is 17.4 Å². The number of aromatic nitrogens is 1. The number of pyridine rings is 1. The molecule has 0 atom stereocenters. The molecule has 3 rings (SSSR count). The van der Waals surface area contributed by atoms with Crippen LogP contribution in [0.25, 0.3) is 0 Å². The summed E-state index contributed by atoms with van der Waals surface area (Å²) in [5.41, 5.74) is 1.62. The standard InChI is InChI=1S/C21H26N4O5/c1-4-29-21(27)25-11-9-24(10-12-25)20(26)23-16-6-8-19(22-14-16)30-17-7-5-15(2)13-18(17)28-3/h5-8,13-14H,4,9-12H2,1-3H3,(H,23,26). The molecule has 9 nitrogen and oxygen atoms in total. The molecule has 0 radical (unpaired) electrons. The number of piperazine rings is 1. The van der Waals surface area contributed by atoms with Crippen LogP contribution in [0.2, 0.25) is 0 Å². The Hall–Kier alpha value is -3.49. The molecule has 2 aromatic rings. The summed E-state index contributed by atoms with van der Waals surface area (Å²) in [6.07, 6.45) is 1.19. The summed E-state index contributed by atoms with van der Waals surface area (Å²) in [5.74, 6) is 1.57. The van der Waals surface area contributed by atoms with Gasteiger partial charge in [0.1, 0.15) is 0 Å². The van der Waals surface area contributed by atoms with Crippen molar-refractivity contribution in [2.75, 3.05) is 45.2 Å². The van der Waals surface area contributed by atoms with Gasteiger partial charge in [-0.05, 0) is 37.6 Å². The lowest BCUT2D eigenvalue weighted by atomic mass is 10.2. The molecule has 1 aliphatic heterocycles. The van der Waals surface area contributed by atoms with Gasteiger partial charge >= 0.3 is 12.1 Å². The Balaban J connectivity index is 1.53. The van der Waals surface area contributed by atoms with Gasteiger partial charge in [0.25, 0.3) is 0 Å². The molecule has 2 heterocycles. The minimum Gasteiger partial charge on any atom is -0.493 e. The molecular weight excluding hydrogens is 388 g/mol. The maximum Gasteiger partial charge on any atom is 0.409 e. The lowest BCUT2D eigenvalue weighted by Gasteiger charge is -2.33. The highest BCUT2D eigenvalue weighted by Crippen LogP contribution is 2.31. The van der Waals surface area contributed by atoms with Crippen molar-refractivity contribution in [3.63, 3.8) is 0 Å². The molecule has 9 heteroatoms. The molecule has 0 unspecified atom stereocenters. The monoisotopic (exact) mass is 414 g/mol. The van der Waals surface area contributed by atoms with Crippen molar-refractivity contribution in [3.05, 3.63) is 42.1 Å². The van der Waals surface area contributed by atoms with Crippen molar-refractivity contribution in [1.82, 2.24) is 14.8 Å². The number of rotatable bonds is 5. The molecule has 1 N–H and O–H groups in total. The number of nitrogens with zero attached hydrogens (tertiary/aromatic N) is 3. The number of hydrogen-bond donors (Lipinski definition) is 1. The summed E-state index contributed by atoms with van der Waals surface area (Å²) in [7, 11) is 1.58. The zero-order valence-corrected chi connectivity index (χ0v) is 17.4. The zero-order chi connectivity index (χ0) is 21.5. The maximum atomic E-state index is 12.5.